The Labute approximate surface area is 118 Å². The zero-order valence-corrected chi connectivity index (χ0v) is 12.0. The topological polar surface area (TPSA) is 67.0 Å². The Kier molecular flexibility index (Phi) is 4.53. The Hall–Kier alpha value is -2.14. The second kappa shape index (κ2) is 6.34. The maximum Gasteiger partial charge on any atom is 0.251 e. The van der Waals surface area contributed by atoms with Crippen LogP contribution in [0.15, 0.2) is 29.1 Å². The van der Waals surface area contributed by atoms with Gasteiger partial charge in [0.1, 0.15) is 11.6 Å². The maximum atomic E-state index is 11.7. The molecule has 0 spiro atoms. The summed E-state index contributed by atoms with van der Waals surface area (Å²) >= 11 is 0. The summed E-state index contributed by atoms with van der Waals surface area (Å²) in [6, 6.07) is 7.24. The number of aryl methyl sites for hydroxylation is 1. The first-order chi connectivity index (χ1) is 9.63. The highest BCUT2D eigenvalue weighted by atomic mass is 16.5. The number of nitrogens with one attached hydrogen (secondary N) is 2. The number of hydrogen-bond donors (Lipinski definition) is 2. The molecule has 2 aromatic rings. The van der Waals surface area contributed by atoms with E-state index >= 15 is 0 Å². The summed E-state index contributed by atoms with van der Waals surface area (Å²) in [5.41, 5.74) is 2.47. The number of H-pyrrole nitrogens is 1. The van der Waals surface area contributed by atoms with Crippen molar-refractivity contribution in [2.75, 3.05) is 13.7 Å². The Bertz CT molecular complexity index is 650. The number of methoxy groups -OCH3 is 1. The van der Waals surface area contributed by atoms with Crippen molar-refractivity contribution in [3.05, 3.63) is 45.9 Å². The largest absolute Gasteiger partial charge is 0.496 e. The van der Waals surface area contributed by atoms with Crippen LogP contribution in [0.2, 0.25) is 0 Å². The second-order valence-corrected chi connectivity index (χ2v) is 4.55. The summed E-state index contributed by atoms with van der Waals surface area (Å²) in [4.78, 5) is 19.0. The highest BCUT2D eigenvalue weighted by Crippen LogP contribution is 2.23. The standard InChI is InChI=1S/C15H19N3O2/c1-4-16-9-12-8-14(19)18-15(17-12)11-5-6-13(20-3)10(2)7-11/h5-8,16H,4,9H2,1-3H3,(H,17,18,19). The van der Waals surface area contributed by atoms with Crippen LogP contribution < -0.4 is 15.6 Å². The van der Waals surface area contributed by atoms with Crippen LogP contribution in [0.3, 0.4) is 0 Å². The van der Waals surface area contributed by atoms with Crippen LogP contribution in [0.5, 0.6) is 5.75 Å². The monoisotopic (exact) mass is 273 g/mol. The van der Waals surface area contributed by atoms with E-state index in [-0.39, 0.29) is 5.56 Å². The Morgan fingerprint density at radius 3 is 2.80 bits per heavy atom. The first-order valence-corrected chi connectivity index (χ1v) is 6.60. The van der Waals surface area contributed by atoms with Gasteiger partial charge in [0.05, 0.1) is 12.8 Å². The molecule has 0 bridgehead atoms. The zero-order chi connectivity index (χ0) is 14.5. The van der Waals surface area contributed by atoms with Crippen LogP contribution in [-0.2, 0) is 6.54 Å². The highest BCUT2D eigenvalue weighted by Gasteiger charge is 2.06. The predicted molar refractivity (Wildman–Crippen MR) is 79.0 cm³/mol. The number of aromatic amines is 1. The number of rotatable bonds is 5. The molecule has 5 nitrogen and oxygen atoms in total. The minimum absolute atomic E-state index is 0.142. The van der Waals surface area contributed by atoms with E-state index < -0.39 is 0 Å². The number of benzene rings is 1. The first kappa shape index (κ1) is 14.3. The Morgan fingerprint density at radius 2 is 2.15 bits per heavy atom. The van der Waals surface area contributed by atoms with Crippen LogP contribution >= 0.6 is 0 Å². The average Bonchev–Trinajstić information content (AvgIpc) is 2.44. The van der Waals surface area contributed by atoms with E-state index in [0.717, 1.165) is 29.1 Å². The third-order valence-electron chi connectivity index (χ3n) is 3.02. The van der Waals surface area contributed by atoms with Crippen LogP contribution in [0, 0.1) is 6.92 Å². The van der Waals surface area contributed by atoms with Gasteiger partial charge in [0.2, 0.25) is 0 Å². The van der Waals surface area contributed by atoms with Crippen LogP contribution in [-0.4, -0.2) is 23.6 Å². The quantitative estimate of drug-likeness (QED) is 0.872. The molecule has 0 aliphatic rings. The van der Waals surface area contributed by atoms with Gasteiger partial charge in [0.25, 0.3) is 5.56 Å². The Morgan fingerprint density at radius 1 is 1.35 bits per heavy atom. The van der Waals surface area contributed by atoms with Crippen LogP contribution in [0.4, 0.5) is 0 Å². The lowest BCUT2D eigenvalue weighted by atomic mass is 10.1. The minimum Gasteiger partial charge on any atom is -0.496 e. The van der Waals surface area contributed by atoms with E-state index in [1.54, 1.807) is 7.11 Å². The zero-order valence-electron chi connectivity index (χ0n) is 12.0. The number of ether oxygens (including phenoxy) is 1. The van der Waals surface area contributed by atoms with Crippen molar-refractivity contribution in [1.82, 2.24) is 15.3 Å². The fraction of sp³-hybridized carbons (Fsp3) is 0.333. The molecule has 0 fully saturated rings. The molecule has 0 radical (unpaired) electrons. The van der Waals surface area contributed by atoms with Gasteiger partial charge in [0, 0.05) is 18.2 Å². The van der Waals surface area contributed by atoms with E-state index in [9.17, 15) is 4.79 Å². The fourth-order valence-corrected chi connectivity index (χ4v) is 2.01. The summed E-state index contributed by atoms with van der Waals surface area (Å²) in [6.07, 6.45) is 0. The third-order valence-corrected chi connectivity index (χ3v) is 3.02. The molecule has 1 heterocycles. The normalized spacial score (nSPS) is 10.6. The number of nitrogens with zero attached hydrogens (tertiary/aromatic N) is 1. The number of aromatic nitrogens is 2. The van der Waals surface area contributed by atoms with Gasteiger partial charge >= 0.3 is 0 Å². The SMILES string of the molecule is CCNCc1cc(=O)[nH]c(-c2ccc(OC)c(C)c2)n1. The van der Waals surface area contributed by atoms with Crippen molar-refractivity contribution in [2.24, 2.45) is 0 Å². The molecule has 1 aromatic heterocycles. The molecular weight excluding hydrogens is 254 g/mol. The van der Waals surface area contributed by atoms with Crippen LogP contribution in [0.1, 0.15) is 18.2 Å². The van der Waals surface area contributed by atoms with Gasteiger partial charge in [-0.3, -0.25) is 4.79 Å². The van der Waals surface area contributed by atoms with Crippen molar-refractivity contribution >= 4 is 0 Å². The molecular formula is C15H19N3O2. The molecule has 0 aliphatic carbocycles. The van der Waals surface area contributed by atoms with Gasteiger partial charge in [-0.25, -0.2) is 4.98 Å². The summed E-state index contributed by atoms with van der Waals surface area (Å²) in [5.74, 6) is 1.40. The maximum absolute atomic E-state index is 11.7. The van der Waals surface area contributed by atoms with Gasteiger partial charge < -0.3 is 15.0 Å². The molecule has 5 heteroatoms. The van der Waals surface area contributed by atoms with Gasteiger partial charge in [-0.2, -0.15) is 0 Å². The molecule has 0 atom stereocenters. The molecule has 20 heavy (non-hydrogen) atoms. The lowest BCUT2D eigenvalue weighted by Gasteiger charge is -2.08. The van der Waals surface area contributed by atoms with E-state index in [1.807, 2.05) is 32.0 Å². The summed E-state index contributed by atoms with van der Waals surface area (Å²) < 4.78 is 5.23. The second-order valence-electron chi connectivity index (χ2n) is 4.55. The molecule has 106 valence electrons. The highest BCUT2D eigenvalue weighted by molar-refractivity contribution is 5.58. The molecule has 2 rings (SSSR count). The van der Waals surface area contributed by atoms with Crippen molar-refractivity contribution in [1.29, 1.82) is 0 Å². The molecule has 0 aliphatic heterocycles. The van der Waals surface area contributed by atoms with Gasteiger partial charge in [-0.1, -0.05) is 6.92 Å². The summed E-state index contributed by atoms with van der Waals surface area (Å²) in [7, 11) is 1.64. The molecule has 2 N–H and O–H groups in total. The van der Waals surface area contributed by atoms with Gasteiger partial charge in [-0.05, 0) is 37.2 Å². The Balaban J connectivity index is 2.39. The smallest absolute Gasteiger partial charge is 0.251 e. The molecule has 0 saturated carbocycles. The fourth-order valence-electron chi connectivity index (χ4n) is 2.01. The lowest BCUT2D eigenvalue weighted by Crippen LogP contribution is -2.17. The van der Waals surface area contributed by atoms with E-state index in [0.29, 0.717) is 12.4 Å². The summed E-state index contributed by atoms with van der Waals surface area (Å²) in [6.45, 7) is 5.40. The molecule has 0 amide bonds. The van der Waals surface area contributed by atoms with Crippen LogP contribution in [0.25, 0.3) is 11.4 Å². The summed E-state index contributed by atoms with van der Waals surface area (Å²) in [5, 5.41) is 3.16. The van der Waals surface area contributed by atoms with Crippen molar-refractivity contribution < 1.29 is 4.74 Å². The van der Waals surface area contributed by atoms with Gasteiger partial charge in [-0.15, -0.1) is 0 Å². The number of hydrogen-bond acceptors (Lipinski definition) is 4. The predicted octanol–water partition coefficient (Wildman–Crippen LogP) is 1.86. The lowest BCUT2D eigenvalue weighted by molar-refractivity contribution is 0.412. The van der Waals surface area contributed by atoms with Gasteiger partial charge in [0.15, 0.2) is 0 Å². The molecule has 0 unspecified atom stereocenters. The average molecular weight is 273 g/mol. The van der Waals surface area contributed by atoms with E-state index in [2.05, 4.69) is 15.3 Å². The molecule has 0 saturated heterocycles. The minimum atomic E-state index is -0.142. The third kappa shape index (κ3) is 3.24. The van der Waals surface area contributed by atoms with E-state index in [4.69, 9.17) is 4.74 Å². The van der Waals surface area contributed by atoms with E-state index in [1.165, 1.54) is 6.07 Å². The van der Waals surface area contributed by atoms with Crippen molar-refractivity contribution in [2.45, 2.75) is 20.4 Å². The first-order valence-electron chi connectivity index (χ1n) is 6.60. The van der Waals surface area contributed by atoms with Crippen molar-refractivity contribution in [3.8, 4) is 17.1 Å². The van der Waals surface area contributed by atoms with Crippen molar-refractivity contribution in [3.63, 3.8) is 0 Å². The molecule has 1 aromatic carbocycles.